The van der Waals surface area contributed by atoms with Gasteiger partial charge >= 0.3 is 21.1 Å². The molecule has 5 aromatic heterocycles. The standard InChI is InChI=1S/C50H28N6.Pt/c1-2-9-31(10-3-1)36-20-22-51-49(28-36)56-48-29-38(17-19-39(48)41-15-8-21-52-50(41)56)55-46-27-37(16-18-40(46)42-23-32-11-4-7-14-35(32)26-47(42)55)45-30-53-43-24-33-12-5-6-13-34(33)25-44(43)54-45;/h1-26,28,30H;/q-2;+2. The van der Waals surface area contributed by atoms with Crippen LogP contribution >= 0.6 is 0 Å². The van der Waals surface area contributed by atoms with Gasteiger partial charge in [-0.15, -0.1) is 41.3 Å². The Bertz CT molecular complexity index is 3550. The van der Waals surface area contributed by atoms with Crippen molar-refractivity contribution in [1.82, 2.24) is 29.1 Å². The van der Waals surface area contributed by atoms with Crippen LogP contribution in [0, 0.1) is 12.1 Å². The molecule has 268 valence electrons. The Balaban J connectivity index is 0.00000374. The molecule has 0 saturated heterocycles. The molecule has 0 bridgehead atoms. The van der Waals surface area contributed by atoms with Crippen LogP contribution < -0.4 is 0 Å². The topological polar surface area (TPSA) is 61.4 Å². The molecule has 6 nitrogen and oxygen atoms in total. The third-order valence-corrected chi connectivity index (χ3v) is 11.0. The van der Waals surface area contributed by atoms with Gasteiger partial charge in [0.2, 0.25) is 0 Å². The molecule has 12 rings (SSSR count). The maximum Gasteiger partial charge on any atom is 2.00 e. The van der Waals surface area contributed by atoms with Crippen molar-refractivity contribution in [3.05, 3.63) is 182 Å². The number of benzene rings is 7. The molecule has 0 aliphatic carbocycles. The number of pyridine rings is 2. The fourth-order valence-corrected chi connectivity index (χ4v) is 8.31. The minimum Gasteiger partial charge on any atom is -0.352 e. The van der Waals surface area contributed by atoms with Crippen LogP contribution in [0.5, 0.6) is 0 Å². The van der Waals surface area contributed by atoms with Gasteiger partial charge in [0.05, 0.1) is 11.0 Å². The SMILES string of the molecule is [Pt+2].[c-]1c(-c2cnc3cc4ccccc4cc3n2)ccc2c3cc4ccccc4cc3n(-c3[c-]c4c(cc3)c3cccnc3n4-c3cc(-c4ccccc4)ccn3)c12. The van der Waals surface area contributed by atoms with Crippen molar-refractivity contribution in [3.63, 3.8) is 0 Å². The molecule has 57 heavy (non-hydrogen) atoms. The van der Waals surface area contributed by atoms with Crippen molar-refractivity contribution < 1.29 is 21.1 Å². The Kier molecular flexibility index (Phi) is 7.63. The molecule has 0 atom stereocenters. The van der Waals surface area contributed by atoms with Gasteiger partial charge in [-0.25, -0.2) is 9.97 Å². The molecule has 0 aliphatic heterocycles. The summed E-state index contributed by atoms with van der Waals surface area (Å²) < 4.78 is 4.42. The minimum atomic E-state index is 0. The Hall–Kier alpha value is -7.01. The summed E-state index contributed by atoms with van der Waals surface area (Å²) in [7, 11) is 0. The summed E-state index contributed by atoms with van der Waals surface area (Å²) in [6.07, 6.45) is 5.57. The Morgan fingerprint density at radius 1 is 0.456 bits per heavy atom. The Morgan fingerprint density at radius 3 is 1.98 bits per heavy atom. The van der Waals surface area contributed by atoms with Gasteiger partial charge in [-0.05, 0) is 85.4 Å². The molecule has 0 unspecified atom stereocenters. The number of hydrogen-bond donors (Lipinski definition) is 0. The number of hydrogen-bond acceptors (Lipinski definition) is 4. The van der Waals surface area contributed by atoms with Crippen molar-refractivity contribution >= 4 is 76.3 Å². The number of rotatable bonds is 4. The van der Waals surface area contributed by atoms with E-state index in [0.717, 1.165) is 99.4 Å². The zero-order valence-electron chi connectivity index (χ0n) is 30.2. The fraction of sp³-hybridized carbons (Fsp3) is 0. The van der Waals surface area contributed by atoms with E-state index in [4.69, 9.17) is 19.9 Å². The molecule has 0 saturated carbocycles. The van der Waals surface area contributed by atoms with E-state index >= 15 is 0 Å². The molecule has 0 aliphatic rings. The largest absolute Gasteiger partial charge is 2.00 e. The molecule has 7 heteroatoms. The van der Waals surface area contributed by atoms with E-state index in [2.05, 4.69) is 149 Å². The quantitative estimate of drug-likeness (QED) is 0.130. The summed E-state index contributed by atoms with van der Waals surface area (Å²) in [6, 6.07) is 60.6. The van der Waals surface area contributed by atoms with Crippen LogP contribution in [0.15, 0.2) is 170 Å². The van der Waals surface area contributed by atoms with E-state index < -0.39 is 0 Å². The van der Waals surface area contributed by atoms with Crippen molar-refractivity contribution in [2.24, 2.45) is 0 Å². The van der Waals surface area contributed by atoms with Crippen LogP contribution in [0.2, 0.25) is 0 Å². The molecular weight excluding hydrogens is 880 g/mol. The van der Waals surface area contributed by atoms with Crippen LogP contribution in [-0.2, 0) is 21.1 Å². The second-order valence-electron chi connectivity index (χ2n) is 14.2. The molecule has 0 amide bonds. The van der Waals surface area contributed by atoms with Crippen LogP contribution in [0.4, 0.5) is 0 Å². The normalized spacial score (nSPS) is 11.7. The van der Waals surface area contributed by atoms with Gasteiger partial charge < -0.3 is 9.13 Å². The van der Waals surface area contributed by atoms with Gasteiger partial charge in [-0.3, -0.25) is 9.97 Å². The third-order valence-electron chi connectivity index (χ3n) is 11.0. The maximum atomic E-state index is 5.11. The van der Waals surface area contributed by atoms with E-state index in [1.165, 1.54) is 10.8 Å². The molecule has 0 spiro atoms. The van der Waals surface area contributed by atoms with E-state index in [9.17, 15) is 0 Å². The molecule has 0 fully saturated rings. The summed E-state index contributed by atoms with van der Waals surface area (Å²) in [5, 5.41) is 8.98. The summed E-state index contributed by atoms with van der Waals surface area (Å²) in [6.45, 7) is 0. The van der Waals surface area contributed by atoms with Gasteiger partial charge in [0, 0.05) is 29.8 Å². The van der Waals surface area contributed by atoms with Crippen molar-refractivity contribution in [2.45, 2.75) is 0 Å². The fourth-order valence-electron chi connectivity index (χ4n) is 8.31. The predicted octanol–water partition coefficient (Wildman–Crippen LogP) is 11.9. The Labute approximate surface area is 341 Å². The first-order valence-electron chi connectivity index (χ1n) is 18.6. The first kappa shape index (κ1) is 33.3. The third kappa shape index (κ3) is 5.29. The molecule has 12 aromatic rings. The zero-order valence-corrected chi connectivity index (χ0v) is 32.4. The van der Waals surface area contributed by atoms with Crippen molar-refractivity contribution in [1.29, 1.82) is 0 Å². The maximum absolute atomic E-state index is 5.11. The summed E-state index contributed by atoms with van der Waals surface area (Å²) in [4.78, 5) is 19.8. The molecule has 0 radical (unpaired) electrons. The van der Waals surface area contributed by atoms with E-state index in [1.807, 2.05) is 42.9 Å². The van der Waals surface area contributed by atoms with E-state index in [1.54, 1.807) is 0 Å². The van der Waals surface area contributed by atoms with Crippen LogP contribution in [0.1, 0.15) is 0 Å². The Morgan fingerprint density at radius 2 is 1.16 bits per heavy atom. The molecule has 0 N–H and O–H groups in total. The summed E-state index contributed by atoms with van der Waals surface area (Å²) in [5.74, 6) is 0.781. The smallest absolute Gasteiger partial charge is 0.352 e. The van der Waals surface area contributed by atoms with Gasteiger partial charge in [-0.2, -0.15) is 6.07 Å². The number of aromatic nitrogens is 6. The van der Waals surface area contributed by atoms with Gasteiger partial charge in [0.25, 0.3) is 0 Å². The summed E-state index contributed by atoms with van der Waals surface area (Å²) in [5.41, 5.74) is 10.2. The average Bonchev–Trinajstić information content (AvgIpc) is 3.76. The van der Waals surface area contributed by atoms with E-state index in [0.29, 0.717) is 0 Å². The predicted molar refractivity (Wildman–Crippen MR) is 227 cm³/mol. The second kappa shape index (κ2) is 13.0. The van der Waals surface area contributed by atoms with Gasteiger partial charge in [0.15, 0.2) is 0 Å². The molecular formula is C50H28N6Pt. The monoisotopic (exact) mass is 907 g/mol. The first-order valence-corrected chi connectivity index (χ1v) is 18.6. The van der Waals surface area contributed by atoms with Gasteiger partial charge in [-0.1, -0.05) is 108 Å². The van der Waals surface area contributed by atoms with Crippen LogP contribution in [0.25, 0.3) is 110 Å². The van der Waals surface area contributed by atoms with Crippen LogP contribution in [0.3, 0.4) is 0 Å². The number of nitrogens with zero attached hydrogens (tertiary/aromatic N) is 6. The van der Waals surface area contributed by atoms with Crippen molar-refractivity contribution in [2.75, 3.05) is 0 Å². The van der Waals surface area contributed by atoms with Crippen LogP contribution in [-0.4, -0.2) is 29.1 Å². The average molecular weight is 908 g/mol. The van der Waals surface area contributed by atoms with E-state index in [-0.39, 0.29) is 21.1 Å². The number of fused-ring (bicyclic) bond motifs is 9. The summed E-state index contributed by atoms with van der Waals surface area (Å²) >= 11 is 0. The first-order chi connectivity index (χ1) is 27.7. The minimum absolute atomic E-state index is 0. The molecule has 7 aromatic carbocycles. The zero-order chi connectivity index (χ0) is 36.7. The van der Waals surface area contributed by atoms with Gasteiger partial charge in [0.1, 0.15) is 11.5 Å². The van der Waals surface area contributed by atoms with Crippen molar-refractivity contribution in [3.8, 4) is 33.9 Å². The second-order valence-corrected chi connectivity index (χ2v) is 14.2. The molecule has 5 heterocycles.